The van der Waals surface area contributed by atoms with E-state index >= 15 is 0 Å². The molecule has 3 N–H and O–H groups in total. The van der Waals surface area contributed by atoms with Crippen molar-refractivity contribution in [2.45, 2.75) is 36.9 Å². The summed E-state index contributed by atoms with van der Waals surface area (Å²) in [6, 6.07) is 7.92. The van der Waals surface area contributed by atoms with Crippen LogP contribution in [0.1, 0.15) is 31.2 Å². The lowest BCUT2D eigenvalue weighted by Crippen LogP contribution is -2.02. The number of nitrogens with two attached hydrogens (primary N) is 1. The van der Waals surface area contributed by atoms with Crippen LogP contribution in [0.25, 0.3) is 11.0 Å². The normalized spacial score (nSPS) is 11.4. The molecule has 0 bridgehead atoms. The first-order valence-corrected chi connectivity index (χ1v) is 7.61. The number of nitrogens with zero attached hydrogens (tertiary/aromatic N) is 3. The van der Waals surface area contributed by atoms with E-state index in [0.717, 1.165) is 27.0 Å². The van der Waals surface area contributed by atoms with Gasteiger partial charge in [-0.25, -0.2) is 15.0 Å². The predicted octanol–water partition coefficient (Wildman–Crippen LogP) is 3.52. The van der Waals surface area contributed by atoms with Gasteiger partial charge < -0.3 is 10.7 Å². The van der Waals surface area contributed by atoms with Crippen LogP contribution in [-0.2, 0) is 0 Å². The number of benzene rings is 1. The zero-order valence-corrected chi connectivity index (χ0v) is 13.0. The Kier molecular flexibility index (Phi) is 3.55. The summed E-state index contributed by atoms with van der Waals surface area (Å²) in [5, 5.41) is 1.62. The molecule has 0 aliphatic heterocycles. The molecule has 0 amide bonds. The number of nitrogens with one attached hydrogen (secondary N) is 1. The van der Waals surface area contributed by atoms with E-state index in [9.17, 15) is 0 Å². The van der Waals surface area contributed by atoms with Crippen molar-refractivity contribution in [3.63, 3.8) is 0 Å². The molecule has 0 radical (unpaired) electrons. The Hall–Kier alpha value is -2.08. The summed E-state index contributed by atoms with van der Waals surface area (Å²) in [6.45, 7) is 6.16. The van der Waals surface area contributed by atoms with Crippen molar-refractivity contribution < 1.29 is 0 Å². The van der Waals surface area contributed by atoms with Gasteiger partial charge in [0.15, 0.2) is 5.16 Å². The van der Waals surface area contributed by atoms with Crippen molar-refractivity contribution >= 4 is 28.6 Å². The fourth-order valence-corrected chi connectivity index (χ4v) is 2.84. The number of nitrogen functional groups attached to an aromatic ring is 1. The summed E-state index contributed by atoms with van der Waals surface area (Å²) in [6.07, 6.45) is 0. The molecule has 108 valence electrons. The highest BCUT2D eigenvalue weighted by Gasteiger charge is 2.10. The van der Waals surface area contributed by atoms with Gasteiger partial charge in [-0.05, 0) is 36.4 Å². The van der Waals surface area contributed by atoms with Crippen molar-refractivity contribution in [2.24, 2.45) is 0 Å². The van der Waals surface area contributed by atoms with Crippen LogP contribution < -0.4 is 5.73 Å². The zero-order valence-electron chi connectivity index (χ0n) is 12.2. The van der Waals surface area contributed by atoms with Crippen molar-refractivity contribution in [1.29, 1.82) is 0 Å². The maximum Gasteiger partial charge on any atom is 0.172 e. The fraction of sp³-hybridized carbons (Fsp3) is 0.267. The Balaban J connectivity index is 1.94. The lowest BCUT2D eigenvalue weighted by atomic mass is 10.2. The van der Waals surface area contributed by atoms with Crippen molar-refractivity contribution in [3.05, 3.63) is 35.7 Å². The van der Waals surface area contributed by atoms with Gasteiger partial charge >= 0.3 is 0 Å². The number of aromatic amines is 1. The molecule has 5 nitrogen and oxygen atoms in total. The minimum Gasteiger partial charge on any atom is -0.384 e. The number of hydrogen-bond donors (Lipinski definition) is 2. The van der Waals surface area contributed by atoms with Gasteiger partial charge in [0.05, 0.1) is 11.0 Å². The van der Waals surface area contributed by atoms with Gasteiger partial charge in [-0.3, -0.25) is 0 Å². The van der Waals surface area contributed by atoms with Crippen LogP contribution in [0.15, 0.2) is 34.4 Å². The van der Waals surface area contributed by atoms with Crippen LogP contribution >= 0.6 is 11.8 Å². The molecule has 0 unspecified atom stereocenters. The third-order valence-electron chi connectivity index (χ3n) is 3.07. The molecule has 0 aliphatic carbocycles. The van der Waals surface area contributed by atoms with E-state index in [2.05, 4.69) is 39.0 Å². The standard InChI is InChI=1S/C15H17N5S/c1-8(2)14-19-12(16)7-13(20-14)21-15-17-10-5-4-9(3)6-11(10)18-15/h4-8H,1-3H3,(H,17,18)(H2,16,19,20). The quantitative estimate of drug-likeness (QED) is 0.723. The summed E-state index contributed by atoms with van der Waals surface area (Å²) in [4.78, 5) is 16.6. The Labute approximate surface area is 127 Å². The molecule has 21 heavy (non-hydrogen) atoms. The van der Waals surface area contributed by atoms with Gasteiger partial charge in [-0.2, -0.15) is 0 Å². The number of aromatic nitrogens is 4. The number of aryl methyl sites for hydroxylation is 1. The Bertz CT molecular complexity index is 794. The lowest BCUT2D eigenvalue weighted by molar-refractivity contribution is 0.756. The zero-order chi connectivity index (χ0) is 15.0. The van der Waals surface area contributed by atoms with Gasteiger partial charge in [0, 0.05) is 12.0 Å². The highest BCUT2D eigenvalue weighted by molar-refractivity contribution is 7.99. The van der Waals surface area contributed by atoms with E-state index in [1.807, 2.05) is 19.9 Å². The van der Waals surface area contributed by atoms with Crippen LogP contribution in [-0.4, -0.2) is 19.9 Å². The second kappa shape index (κ2) is 5.37. The number of rotatable bonds is 3. The van der Waals surface area contributed by atoms with Crippen molar-refractivity contribution in [1.82, 2.24) is 19.9 Å². The van der Waals surface area contributed by atoms with E-state index in [0.29, 0.717) is 5.82 Å². The minimum atomic E-state index is 0.242. The van der Waals surface area contributed by atoms with Gasteiger partial charge in [-0.1, -0.05) is 19.9 Å². The van der Waals surface area contributed by atoms with E-state index in [4.69, 9.17) is 5.73 Å². The largest absolute Gasteiger partial charge is 0.384 e. The molecule has 6 heteroatoms. The monoisotopic (exact) mass is 299 g/mol. The van der Waals surface area contributed by atoms with Crippen molar-refractivity contribution in [3.8, 4) is 0 Å². The minimum absolute atomic E-state index is 0.242. The predicted molar refractivity (Wildman–Crippen MR) is 85.5 cm³/mol. The smallest absolute Gasteiger partial charge is 0.172 e. The molecule has 0 aliphatic rings. The molecule has 0 spiro atoms. The lowest BCUT2D eigenvalue weighted by Gasteiger charge is -2.06. The van der Waals surface area contributed by atoms with E-state index in [1.165, 1.54) is 17.3 Å². The van der Waals surface area contributed by atoms with Gasteiger partial charge in [-0.15, -0.1) is 0 Å². The van der Waals surface area contributed by atoms with Gasteiger partial charge in [0.1, 0.15) is 16.7 Å². The molecular formula is C15H17N5S. The summed E-state index contributed by atoms with van der Waals surface area (Å²) >= 11 is 1.47. The molecule has 0 fully saturated rings. The molecule has 3 rings (SSSR count). The third kappa shape index (κ3) is 3.00. The van der Waals surface area contributed by atoms with Crippen molar-refractivity contribution in [2.75, 3.05) is 5.73 Å². The van der Waals surface area contributed by atoms with Gasteiger partial charge in [0.2, 0.25) is 0 Å². The highest BCUT2D eigenvalue weighted by atomic mass is 32.2. The molecule has 0 saturated carbocycles. The number of fused-ring (bicyclic) bond motifs is 1. The summed E-state index contributed by atoms with van der Waals surface area (Å²) in [5.74, 6) is 1.48. The molecule has 1 aromatic carbocycles. The maximum atomic E-state index is 5.85. The molecular weight excluding hydrogens is 282 g/mol. The van der Waals surface area contributed by atoms with E-state index < -0.39 is 0 Å². The number of imidazole rings is 1. The number of anilines is 1. The highest BCUT2D eigenvalue weighted by Crippen LogP contribution is 2.28. The first-order valence-electron chi connectivity index (χ1n) is 6.80. The number of H-pyrrole nitrogens is 1. The molecule has 2 aromatic heterocycles. The first-order chi connectivity index (χ1) is 10.0. The van der Waals surface area contributed by atoms with E-state index in [1.54, 1.807) is 6.07 Å². The second-order valence-corrected chi connectivity index (χ2v) is 6.32. The second-order valence-electron chi connectivity index (χ2n) is 5.31. The average molecular weight is 299 g/mol. The summed E-state index contributed by atoms with van der Waals surface area (Å²) in [7, 11) is 0. The SMILES string of the molecule is Cc1ccc2nc(Sc3cc(N)nc(C(C)C)n3)[nH]c2c1. The van der Waals surface area contributed by atoms with Crippen LogP contribution in [0, 0.1) is 6.92 Å². The number of hydrogen-bond acceptors (Lipinski definition) is 5. The Morgan fingerprint density at radius 3 is 2.71 bits per heavy atom. The molecule has 3 aromatic rings. The third-order valence-corrected chi connectivity index (χ3v) is 3.88. The van der Waals surface area contributed by atoms with Crippen LogP contribution in [0.5, 0.6) is 0 Å². The topological polar surface area (TPSA) is 80.5 Å². The fourth-order valence-electron chi connectivity index (χ4n) is 2.02. The van der Waals surface area contributed by atoms with Crippen LogP contribution in [0.4, 0.5) is 5.82 Å². The van der Waals surface area contributed by atoms with Crippen LogP contribution in [0.2, 0.25) is 0 Å². The summed E-state index contributed by atoms with van der Waals surface area (Å²) in [5.41, 5.74) is 9.04. The van der Waals surface area contributed by atoms with Crippen LogP contribution in [0.3, 0.4) is 0 Å². The molecule has 0 saturated heterocycles. The van der Waals surface area contributed by atoms with Gasteiger partial charge in [0.25, 0.3) is 0 Å². The maximum absolute atomic E-state index is 5.85. The first kappa shape index (κ1) is 13.9. The Morgan fingerprint density at radius 2 is 1.95 bits per heavy atom. The molecule has 0 atom stereocenters. The summed E-state index contributed by atoms with van der Waals surface area (Å²) < 4.78 is 0. The van der Waals surface area contributed by atoms with E-state index in [-0.39, 0.29) is 5.92 Å². The average Bonchev–Trinajstić information content (AvgIpc) is 2.79. The molecule has 2 heterocycles. The Morgan fingerprint density at radius 1 is 1.14 bits per heavy atom.